The van der Waals surface area contributed by atoms with E-state index in [0.29, 0.717) is 11.4 Å². The van der Waals surface area contributed by atoms with Crippen LogP contribution in [0.15, 0.2) is 5.16 Å². The maximum absolute atomic E-state index is 8.37. The summed E-state index contributed by atoms with van der Waals surface area (Å²) in [4.78, 5) is 0. The lowest BCUT2D eigenvalue weighted by atomic mass is 10.2. The van der Waals surface area contributed by atoms with Crippen LogP contribution in [0.25, 0.3) is 0 Å². The number of rotatable bonds is 2. The Hall–Kier alpha value is -1.23. The number of oxime groups is 1. The van der Waals surface area contributed by atoms with Gasteiger partial charge in [-0.2, -0.15) is 5.10 Å². The van der Waals surface area contributed by atoms with E-state index in [-0.39, 0.29) is 5.84 Å². The van der Waals surface area contributed by atoms with E-state index in [9.17, 15) is 0 Å². The molecule has 3 N–H and O–H groups in total. The topological polar surface area (TPSA) is 76.4 Å². The van der Waals surface area contributed by atoms with Crippen LogP contribution in [0.1, 0.15) is 11.4 Å². The van der Waals surface area contributed by atoms with Crippen molar-refractivity contribution in [3.05, 3.63) is 16.4 Å². The molecule has 0 aromatic carbocycles. The number of hydrogen-bond donors (Lipinski definition) is 2. The minimum Gasteiger partial charge on any atom is -0.409 e. The zero-order valence-corrected chi connectivity index (χ0v) is 8.21. The van der Waals surface area contributed by atoms with Crippen LogP contribution in [0, 0.1) is 6.92 Å². The number of nitrogens with two attached hydrogens (primary N) is 1. The van der Waals surface area contributed by atoms with E-state index in [4.69, 9.17) is 22.5 Å². The number of nitrogens with zero attached hydrogens (tertiary/aromatic N) is 3. The van der Waals surface area contributed by atoms with Gasteiger partial charge in [0.25, 0.3) is 0 Å². The fraction of sp³-hybridized carbons (Fsp3) is 0.429. The van der Waals surface area contributed by atoms with Crippen LogP contribution in [-0.2, 0) is 13.5 Å². The van der Waals surface area contributed by atoms with Crippen molar-refractivity contribution in [1.82, 2.24) is 9.78 Å². The smallest absolute Gasteiger partial charge is 0.145 e. The van der Waals surface area contributed by atoms with Crippen molar-refractivity contribution < 1.29 is 5.21 Å². The third-order valence-corrected chi connectivity index (χ3v) is 2.23. The second-order valence-corrected chi connectivity index (χ2v) is 3.12. The largest absolute Gasteiger partial charge is 0.409 e. The molecule has 0 aliphatic rings. The molecular weight excluding hydrogens is 192 g/mol. The molecule has 0 bridgehead atoms. The van der Waals surface area contributed by atoms with E-state index < -0.39 is 0 Å². The van der Waals surface area contributed by atoms with Gasteiger partial charge in [-0.25, -0.2) is 0 Å². The molecule has 6 heteroatoms. The van der Waals surface area contributed by atoms with Crippen molar-refractivity contribution in [3.8, 4) is 0 Å². The van der Waals surface area contributed by atoms with Crippen LogP contribution in [0.3, 0.4) is 0 Å². The predicted octanol–water partition coefficient (Wildman–Crippen LogP) is 0.671. The number of halogens is 1. The van der Waals surface area contributed by atoms with E-state index in [2.05, 4.69) is 10.3 Å². The van der Waals surface area contributed by atoms with Gasteiger partial charge in [0.05, 0.1) is 22.8 Å². The van der Waals surface area contributed by atoms with Gasteiger partial charge in [0.2, 0.25) is 0 Å². The van der Waals surface area contributed by atoms with Gasteiger partial charge < -0.3 is 10.9 Å². The van der Waals surface area contributed by atoms with Gasteiger partial charge in [0.1, 0.15) is 5.84 Å². The summed E-state index contributed by atoms with van der Waals surface area (Å²) in [5, 5.41) is 15.9. The summed E-state index contributed by atoms with van der Waals surface area (Å²) in [7, 11) is 1.76. The first-order chi connectivity index (χ1) is 6.06. The Bertz CT molecular complexity index is 345. The minimum absolute atomic E-state index is 0.116. The van der Waals surface area contributed by atoms with E-state index in [0.717, 1.165) is 11.4 Å². The molecule has 5 nitrogen and oxygen atoms in total. The van der Waals surface area contributed by atoms with Crippen LogP contribution in [0.2, 0.25) is 5.02 Å². The molecule has 0 aliphatic carbocycles. The zero-order valence-electron chi connectivity index (χ0n) is 7.45. The van der Waals surface area contributed by atoms with Gasteiger partial charge in [-0.1, -0.05) is 16.8 Å². The second-order valence-electron chi connectivity index (χ2n) is 2.74. The molecule has 0 aliphatic heterocycles. The number of hydrogen-bond acceptors (Lipinski definition) is 3. The highest BCUT2D eigenvalue weighted by atomic mass is 35.5. The van der Waals surface area contributed by atoms with Gasteiger partial charge in [-0.3, -0.25) is 4.68 Å². The Labute approximate surface area is 80.8 Å². The van der Waals surface area contributed by atoms with Crippen molar-refractivity contribution in [2.45, 2.75) is 13.3 Å². The monoisotopic (exact) mass is 202 g/mol. The van der Waals surface area contributed by atoms with Gasteiger partial charge in [0.15, 0.2) is 0 Å². The Morgan fingerprint density at radius 3 is 2.77 bits per heavy atom. The lowest BCUT2D eigenvalue weighted by Crippen LogP contribution is -2.17. The molecule has 13 heavy (non-hydrogen) atoms. The first-order valence-corrected chi connectivity index (χ1v) is 4.08. The van der Waals surface area contributed by atoms with Crippen LogP contribution in [0.5, 0.6) is 0 Å². The molecule has 72 valence electrons. The molecule has 0 spiro atoms. The third-order valence-electron chi connectivity index (χ3n) is 1.74. The van der Waals surface area contributed by atoms with Gasteiger partial charge in [-0.05, 0) is 6.92 Å². The molecule has 1 aromatic rings. The average Bonchev–Trinajstić information content (AvgIpc) is 2.32. The highest BCUT2D eigenvalue weighted by Crippen LogP contribution is 2.19. The Morgan fingerprint density at radius 1 is 1.77 bits per heavy atom. The van der Waals surface area contributed by atoms with Crippen molar-refractivity contribution in [3.63, 3.8) is 0 Å². The summed E-state index contributed by atoms with van der Waals surface area (Å²) in [6.07, 6.45) is 0.298. The number of amidine groups is 1. The maximum Gasteiger partial charge on any atom is 0.145 e. The van der Waals surface area contributed by atoms with Crippen LogP contribution < -0.4 is 5.73 Å². The van der Waals surface area contributed by atoms with Crippen LogP contribution >= 0.6 is 11.6 Å². The molecule has 0 saturated heterocycles. The lowest BCUT2D eigenvalue weighted by molar-refractivity contribution is 0.317. The summed E-state index contributed by atoms with van der Waals surface area (Å²) >= 11 is 5.94. The predicted molar refractivity (Wildman–Crippen MR) is 50.1 cm³/mol. The molecule has 0 amide bonds. The first-order valence-electron chi connectivity index (χ1n) is 3.70. The van der Waals surface area contributed by atoms with Crippen molar-refractivity contribution in [2.75, 3.05) is 0 Å². The Balaban J connectivity index is 3.00. The Morgan fingerprint density at radius 2 is 2.38 bits per heavy atom. The normalized spacial score (nSPS) is 12.1. The number of aryl methyl sites for hydroxylation is 2. The average molecular weight is 203 g/mol. The van der Waals surface area contributed by atoms with E-state index in [1.807, 2.05) is 0 Å². The molecule has 0 radical (unpaired) electrons. The molecule has 0 fully saturated rings. The molecule has 0 atom stereocenters. The molecule has 1 heterocycles. The summed E-state index contributed by atoms with van der Waals surface area (Å²) in [6.45, 7) is 1.80. The lowest BCUT2D eigenvalue weighted by Gasteiger charge is -2.00. The Kier molecular flexibility index (Phi) is 2.77. The molecule has 0 unspecified atom stereocenters. The summed E-state index contributed by atoms with van der Waals surface area (Å²) in [5.41, 5.74) is 6.84. The first kappa shape index (κ1) is 9.85. The van der Waals surface area contributed by atoms with E-state index >= 15 is 0 Å². The summed E-state index contributed by atoms with van der Waals surface area (Å²) < 4.78 is 1.62. The van der Waals surface area contributed by atoms with Crippen LogP contribution in [-0.4, -0.2) is 20.8 Å². The fourth-order valence-electron chi connectivity index (χ4n) is 1.08. The highest BCUT2D eigenvalue weighted by molar-refractivity contribution is 6.32. The van der Waals surface area contributed by atoms with Gasteiger partial charge in [0, 0.05) is 7.05 Å². The molecule has 1 aromatic heterocycles. The summed E-state index contributed by atoms with van der Waals surface area (Å²) in [6, 6.07) is 0. The maximum atomic E-state index is 8.37. The molecule has 1 rings (SSSR count). The SMILES string of the molecule is Cc1nn(C)c(CC(N)=NO)c1Cl. The fourth-order valence-corrected chi connectivity index (χ4v) is 1.31. The van der Waals surface area contributed by atoms with Crippen molar-refractivity contribution in [2.24, 2.45) is 17.9 Å². The molecule has 0 saturated carbocycles. The van der Waals surface area contributed by atoms with Gasteiger partial charge in [-0.15, -0.1) is 0 Å². The van der Waals surface area contributed by atoms with Gasteiger partial charge >= 0.3 is 0 Å². The molecular formula is C7H11ClN4O. The van der Waals surface area contributed by atoms with E-state index in [1.54, 1.807) is 18.7 Å². The van der Waals surface area contributed by atoms with Crippen LogP contribution in [0.4, 0.5) is 0 Å². The standard InChI is InChI=1S/C7H11ClN4O/c1-4-7(8)5(12(2)10-4)3-6(9)11-13/h13H,3H2,1-2H3,(H2,9,11). The second kappa shape index (κ2) is 3.66. The van der Waals surface area contributed by atoms with E-state index in [1.165, 1.54) is 0 Å². The highest BCUT2D eigenvalue weighted by Gasteiger charge is 2.11. The minimum atomic E-state index is 0.116. The van der Waals surface area contributed by atoms with Crippen molar-refractivity contribution >= 4 is 17.4 Å². The number of aromatic nitrogens is 2. The summed E-state index contributed by atoms with van der Waals surface area (Å²) in [5.74, 6) is 0.116. The zero-order chi connectivity index (χ0) is 10.0. The quantitative estimate of drug-likeness (QED) is 0.320. The third kappa shape index (κ3) is 1.92. The van der Waals surface area contributed by atoms with Crippen molar-refractivity contribution in [1.29, 1.82) is 0 Å².